The SMILES string of the molecule is CCC(NC(=O)CCc1ccccc1C(=O)O)C(C)(C)c1ccccc1. The van der Waals surface area contributed by atoms with Gasteiger partial charge in [0.1, 0.15) is 0 Å². The first-order chi connectivity index (χ1) is 12.4. The van der Waals surface area contributed by atoms with E-state index in [2.05, 4.69) is 38.2 Å². The average Bonchev–Trinajstić information content (AvgIpc) is 2.65. The van der Waals surface area contributed by atoms with E-state index >= 15 is 0 Å². The zero-order chi connectivity index (χ0) is 19.2. The molecule has 0 aliphatic heterocycles. The van der Waals surface area contributed by atoms with Crippen LogP contribution in [0.3, 0.4) is 0 Å². The summed E-state index contributed by atoms with van der Waals surface area (Å²) in [5.41, 5.74) is 1.94. The van der Waals surface area contributed by atoms with E-state index in [0.717, 1.165) is 6.42 Å². The fourth-order valence-corrected chi connectivity index (χ4v) is 3.32. The lowest BCUT2D eigenvalue weighted by Crippen LogP contribution is -2.47. The van der Waals surface area contributed by atoms with Crippen LogP contribution in [0.2, 0.25) is 0 Å². The predicted octanol–water partition coefficient (Wildman–Crippen LogP) is 4.19. The van der Waals surface area contributed by atoms with Crippen molar-refractivity contribution in [2.24, 2.45) is 0 Å². The third-order valence-electron chi connectivity index (χ3n) is 5.00. The minimum atomic E-state index is -0.961. The molecule has 0 saturated heterocycles. The highest BCUT2D eigenvalue weighted by molar-refractivity contribution is 5.89. The molecule has 1 unspecified atom stereocenters. The molecular formula is C22H27NO3. The molecule has 0 aromatic heterocycles. The first-order valence-electron chi connectivity index (χ1n) is 9.02. The Balaban J connectivity index is 2.03. The Labute approximate surface area is 155 Å². The predicted molar refractivity (Wildman–Crippen MR) is 103 cm³/mol. The number of hydrogen-bond donors (Lipinski definition) is 2. The van der Waals surface area contributed by atoms with Crippen LogP contribution < -0.4 is 5.32 Å². The first kappa shape index (κ1) is 19.7. The number of aryl methyl sites for hydroxylation is 1. The monoisotopic (exact) mass is 353 g/mol. The molecule has 0 aliphatic rings. The average molecular weight is 353 g/mol. The van der Waals surface area contributed by atoms with Crippen LogP contribution in [-0.4, -0.2) is 23.0 Å². The molecule has 2 N–H and O–H groups in total. The van der Waals surface area contributed by atoms with E-state index < -0.39 is 5.97 Å². The van der Waals surface area contributed by atoms with E-state index in [1.165, 1.54) is 5.56 Å². The molecule has 0 radical (unpaired) electrons. The Morgan fingerprint density at radius 2 is 1.65 bits per heavy atom. The van der Waals surface area contributed by atoms with E-state index in [1.807, 2.05) is 18.2 Å². The van der Waals surface area contributed by atoms with Gasteiger partial charge in [-0.1, -0.05) is 69.3 Å². The summed E-state index contributed by atoms with van der Waals surface area (Å²) in [6.07, 6.45) is 1.50. The van der Waals surface area contributed by atoms with Crippen molar-refractivity contribution in [3.05, 3.63) is 71.3 Å². The van der Waals surface area contributed by atoms with Crippen molar-refractivity contribution in [3.63, 3.8) is 0 Å². The zero-order valence-corrected chi connectivity index (χ0v) is 15.7. The summed E-state index contributed by atoms with van der Waals surface area (Å²) in [6.45, 7) is 6.34. The topological polar surface area (TPSA) is 66.4 Å². The van der Waals surface area contributed by atoms with Crippen molar-refractivity contribution in [1.29, 1.82) is 0 Å². The van der Waals surface area contributed by atoms with Crippen LogP contribution in [0.25, 0.3) is 0 Å². The summed E-state index contributed by atoms with van der Waals surface area (Å²) in [4.78, 5) is 23.8. The number of carboxylic acid groups (broad SMARTS) is 1. The van der Waals surface area contributed by atoms with Gasteiger partial charge in [-0.3, -0.25) is 4.79 Å². The van der Waals surface area contributed by atoms with Crippen molar-refractivity contribution in [3.8, 4) is 0 Å². The second kappa shape index (κ2) is 8.65. The van der Waals surface area contributed by atoms with Crippen LogP contribution >= 0.6 is 0 Å². The Kier molecular flexibility index (Phi) is 6.56. The highest BCUT2D eigenvalue weighted by Gasteiger charge is 2.31. The van der Waals surface area contributed by atoms with E-state index in [0.29, 0.717) is 12.0 Å². The molecule has 138 valence electrons. The molecule has 0 bridgehead atoms. The molecular weight excluding hydrogens is 326 g/mol. The van der Waals surface area contributed by atoms with Crippen LogP contribution in [0, 0.1) is 0 Å². The number of carbonyl (C=O) groups is 2. The van der Waals surface area contributed by atoms with Crippen molar-refractivity contribution in [2.75, 3.05) is 0 Å². The summed E-state index contributed by atoms with van der Waals surface area (Å²) < 4.78 is 0. The van der Waals surface area contributed by atoms with Gasteiger partial charge in [-0.25, -0.2) is 4.79 Å². The standard InChI is InChI=1S/C22H27NO3/c1-4-19(22(2,3)17-11-6-5-7-12-17)23-20(24)15-14-16-10-8-9-13-18(16)21(25)26/h5-13,19H,4,14-15H2,1-3H3,(H,23,24)(H,25,26). The minimum Gasteiger partial charge on any atom is -0.478 e. The highest BCUT2D eigenvalue weighted by atomic mass is 16.4. The fraction of sp³-hybridized carbons (Fsp3) is 0.364. The maximum atomic E-state index is 12.5. The number of hydrogen-bond acceptors (Lipinski definition) is 2. The number of carboxylic acids is 1. The summed E-state index contributed by atoms with van der Waals surface area (Å²) in [5, 5.41) is 12.4. The van der Waals surface area contributed by atoms with Gasteiger partial charge in [0, 0.05) is 17.9 Å². The third-order valence-corrected chi connectivity index (χ3v) is 5.00. The Bertz CT molecular complexity index is 753. The summed E-state index contributed by atoms with van der Waals surface area (Å²) in [7, 11) is 0. The molecule has 4 heteroatoms. The van der Waals surface area contributed by atoms with Crippen molar-refractivity contribution >= 4 is 11.9 Å². The Morgan fingerprint density at radius 3 is 2.27 bits per heavy atom. The Morgan fingerprint density at radius 1 is 1.04 bits per heavy atom. The van der Waals surface area contributed by atoms with Gasteiger partial charge in [-0.2, -0.15) is 0 Å². The molecule has 2 aromatic rings. The molecule has 0 saturated carbocycles. The van der Waals surface area contributed by atoms with Crippen molar-refractivity contribution < 1.29 is 14.7 Å². The minimum absolute atomic E-state index is 0.00659. The van der Waals surface area contributed by atoms with Crippen LogP contribution in [0.15, 0.2) is 54.6 Å². The molecule has 0 heterocycles. The van der Waals surface area contributed by atoms with E-state index in [4.69, 9.17) is 0 Å². The largest absolute Gasteiger partial charge is 0.478 e. The van der Waals surface area contributed by atoms with E-state index in [-0.39, 0.29) is 29.3 Å². The van der Waals surface area contributed by atoms with Gasteiger partial charge in [-0.05, 0) is 30.0 Å². The van der Waals surface area contributed by atoms with Crippen LogP contribution in [-0.2, 0) is 16.6 Å². The van der Waals surface area contributed by atoms with Gasteiger partial charge < -0.3 is 10.4 Å². The maximum Gasteiger partial charge on any atom is 0.335 e. The van der Waals surface area contributed by atoms with Gasteiger partial charge in [-0.15, -0.1) is 0 Å². The summed E-state index contributed by atoms with van der Waals surface area (Å²) >= 11 is 0. The molecule has 0 fully saturated rings. The number of carbonyl (C=O) groups excluding carboxylic acids is 1. The normalized spacial score (nSPS) is 12.4. The third kappa shape index (κ3) is 4.72. The molecule has 1 amide bonds. The van der Waals surface area contributed by atoms with Gasteiger partial charge in [0.2, 0.25) is 5.91 Å². The number of benzene rings is 2. The quantitative estimate of drug-likeness (QED) is 0.748. The lowest BCUT2D eigenvalue weighted by atomic mass is 9.76. The zero-order valence-electron chi connectivity index (χ0n) is 15.7. The fourth-order valence-electron chi connectivity index (χ4n) is 3.32. The summed E-state index contributed by atoms with van der Waals surface area (Å²) in [5.74, 6) is -1.02. The molecule has 0 spiro atoms. The maximum absolute atomic E-state index is 12.5. The number of aromatic carboxylic acids is 1. The van der Waals surface area contributed by atoms with Crippen LogP contribution in [0.5, 0.6) is 0 Å². The van der Waals surface area contributed by atoms with Gasteiger partial charge in [0.25, 0.3) is 0 Å². The molecule has 2 rings (SSSR count). The molecule has 26 heavy (non-hydrogen) atoms. The molecule has 0 aliphatic carbocycles. The number of amides is 1. The second-order valence-corrected chi connectivity index (χ2v) is 7.08. The molecule has 1 atom stereocenters. The van der Waals surface area contributed by atoms with Crippen molar-refractivity contribution in [1.82, 2.24) is 5.32 Å². The van der Waals surface area contributed by atoms with Gasteiger partial charge in [0.15, 0.2) is 0 Å². The lowest BCUT2D eigenvalue weighted by Gasteiger charge is -2.35. The second-order valence-electron chi connectivity index (χ2n) is 7.08. The summed E-state index contributed by atoms with van der Waals surface area (Å²) in [6, 6.07) is 17.0. The van der Waals surface area contributed by atoms with E-state index in [1.54, 1.807) is 24.3 Å². The van der Waals surface area contributed by atoms with Gasteiger partial charge in [0.05, 0.1) is 5.56 Å². The molecule has 4 nitrogen and oxygen atoms in total. The Hall–Kier alpha value is -2.62. The highest BCUT2D eigenvalue weighted by Crippen LogP contribution is 2.28. The number of rotatable bonds is 8. The smallest absolute Gasteiger partial charge is 0.335 e. The number of nitrogens with one attached hydrogen (secondary N) is 1. The lowest BCUT2D eigenvalue weighted by molar-refractivity contribution is -0.122. The molecule has 2 aromatic carbocycles. The van der Waals surface area contributed by atoms with E-state index in [9.17, 15) is 14.7 Å². The van der Waals surface area contributed by atoms with Crippen LogP contribution in [0.4, 0.5) is 0 Å². The van der Waals surface area contributed by atoms with Crippen molar-refractivity contribution in [2.45, 2.75) is 51.5 Å². The first-order valence-corrected chi connectivity index (χ1v) is 9.02. The van der Waals surface area contributed by atoms with Crippen LogP contribution in [0.1, 0.15) is 55.1 Å². The van der Waals surface area contributed by atoms with Gasteiger partial charge >= 0.3 is 5.97 Å².